The van der Waals surface area contributed by atoms with E-state index < -0.39 is 11.9 Å². The average molecular weight is 441 g/mol. The Morgan fingerprint density at radius 2 is 1.66 bits per heavy atom. The quantitative estimate of drug-likeness (QED) is 0.513. The van der Waals surface area contributed by atoms with E-state index in [1.165, 1.54) is 0 Å². The summed E-state index contributed by atoms with van der Waals surface area (Å²) in [6.45, 7) is 2.02. The van der Waals surface area contributed by atoms with Crippen LogP contribution in [0.15, 0.2) is 54.6 Å². The molecule has 2 aromatic carbocycles. The van der Waals surface area contributed by atoms with E-state index in [4.69, 9.17) is 0 Å². The third-order valence-corrected chi connectivity index (χ3v) is 6.07. The number of nitrogens with one attached hydrogen (secondary N) is 2. The van der Waals surface area contributed by atoms with E-state index in [1.807, 2.05) is 31.2 Å². The summed E-state index contributed by atoms with van der Waals surface area (Å²) in [7, 11) is 0. The van der Waals surface area contributed by atoms with Gasteiger partial charge in [-0.2, -0.15) is 13.2 Å². The Hall–Kier alpha value is -3.09. The van der Waals surface area contributed by atoms with Crippen molar-refractivity contribution in [3.8, 4) is 0 Å². The summed E-state index contributed by atoms with van der Waals surface area (Å²) in [5.41, 5.74) is 1.60. The molecule has 1 saturated carbocycles. The van der Waals surface area contributed by atoms with E-state index in [2.05, 4.69) is 15.6 Å². The molecule has 1 heterocycles. The normalized spacial score (nSPS) is 19.0. The van der Waals surface area contributed by atoms with Crippen molar-refractivity contribution in [2.24, 2.45) is 0 Å². The van der Waals surface area contributed by atoms with Crippen molar-refractivity contribution in [3.63, 3.8) is 0 Å². The summed E-state index contributed by atoms with van der Waals surface area (Å²) in [6, 6.07) is 15.6. The van der Waals surface area contributed by atoms with Crippen LogP contribution < -0.4 is 10.6 Å². The number of carbonyl (C=O) groups excluding carboxylic acids is 1. The highest BCUT2D eigenvalue weighted by Gasteiger charge is 2.34. The third kappa shape index (κ3) is 4.87. The molecule has 1 aliphatic carbocycles. The Labute approximate surface area is 185 Å². The molecule has 0 aliphatic heterocycles. The molecule has 1 aliphatic rings. The van der Waals surface area contributed by atoms with Crippen LogP contribution in [0.1, 0.15) is 54.2 Å². The maximum absolute atomic E-state index is 13.3. The molecule has 1 aromatic heterocycles. The largest absolute Gasteiger partial charge is 0.433 e. The van der Waals surface area contributed by atoms with E-state index in [1.54, 1.807) is 24.3 Å². The molecule has 3 aromatic rings. The van der Waals surface area contributed by atoms with Gasteiger partial charge >= 0.3 is 6.18 Å². The lowest BCUT2D eigenvalue weighted by Crippen LogP contribution is -2.40. The second kappa shape index (κ2) is 9.18. The number of hydrogen-bond donors (Lipinski definition) is 2. The first-order valence-electron chi connectivity index (χ1n) is 11.0. The molecule has 32 heavy (non-hydrogen) atoms. The van der Waals surface area contributed by atoms with Crippen molar-refractivity contribution in [1.29, 1.82) is 0 Å². The maximum atomic E-state index is 13.3. The topological polar surface area (TPSA) is 54.0 Å². The van der Waals surface area contributed by atoms with Gasteiger partial charge in [0.25, 0.3) is 5.91 Å². The van der Waals surface area contributed by atoms with Crippen LogP contribution in [0.5, 0.6) is 0 Å². The van der Waals surface area contributed by atoms with Gasteiger partial charge in [-0.05, 0) is 55.9 Å². The highest BCUT2D eigenvalue weighted by molar-refractivity contribution is 5.96. The van der Waals surface area contributed by atoms with Crippen LogP contribution in [0.25, 0.3) is 10.9 Å². The van der Waals surface area contributed by atoms with Crippen molar-refractivity contribution >= 4 is 22.5 Å². The predicted molar refractivity (Wildman–Crippen MR) is 120 cm³/mol. The first-order valence-corrected chi connectivity index (χ1v) is 11.0. The fourth-order valence-electron chi connectivity index (χ4n) is 4.36. The zero-order valence-corrected chi connectivity index (χ0v) is 17.9. The van der Waals surface area contributed by atoms with Gasteiger partial charge in [0.15, 0.2) is 0 Å². The van der Waals surface area contributed by atoms with Crippen LogP contribution in [-0.2, 0) is 12.6 Å². The van der Waals surface area contributed by atoms with Crippen LogP contribution in [0.3, 0.4) is 0 Å². The highest BCUT2D eigenvalue weighted by Crippen LogP contribution is 2.34. The van der Waals surface area contributed by atoms with E-state index >= 15 is 0 Å². The number of rotatable bonds is 5. The van der Waals surface area contributed by atoms with Crippen LogP contribution in [0, 0.1) is 0 Å². The molecule has 4 nitrogen and oxygen atoms in total. The van der Waals surface area contributed by atoms with E-state index in [0.29, 0.717) is 22.2 Å². The van der Waals surface area contributed by atoms with E-state index in [9.17, 15) is 18.0 Å². The fourth-order valence-corrected chi connectivity index (χ4v) is 4.36. The van der Waals surface area contributed by atoms with Gasteiger partial charge in [0.05, 0.1) is 5.52 Å². The highest BCUT2D eigenvalue weighted by atomic mass is 19.4. The number of hydrogen-bond acceptors (Lipinski definition) is 3. The summed E-state index contributed by atoms with van der Waals surface area (Å²) in [4.78, 5) is 16.5. The number of benzene rings is 2. The summed E-state index contributed by atoms with van der Waals surface area (Å²) in [5.74, 6) is -0.0613. The number of para-hydroxylation sites is 1. The standard InChI is InChI=1S/C25H26F3N3O/c1-2-16-7-3-4-8-19(16)24(32)30-18-13-11-17(12-14-18)29-22-15-23(25(26,27)28)31-21-10-6-5-9-20(21)22/h3-10,15,17-18H,2,11-14H2,1H3,(H,29,31)(H,30,32). The van der Waals surface area contributed by atoms with Gasteiger partial charge < -0.3 is 10.6 Å². The summed E-state index contributed by atoms with van der Waals surface area (Å²) < 4.78 is 39.9. The molecule has 0 radical (unpaired) electrons. The van der Waals surface area contributed by atoms with Gasteiger partial charge in [-0.15, -0.1) is 0 Å². The Morgan fingerprint density at radius 3 is 2.38 bits per heavy atom. The average Bonchev–Trinajstić information content (AvgIpc) is 2.79. The number of alkyl halides is 3. The van der Waals surface area contributed by atoms with Crippen molar-refractivity contribution in [1.82, 2.24) is 10.3 Å². The van der Waals surface area contributed by atoms with E-state index in [0.717, 1.165) is 43.7 Å². The van der Waals surface area contributed by atoms with Crippen LogP contribution in [0.2, 0.25) is 0 Å². The molecule has 1 fully saturated rings. The molecule has 0 spiro atoms. The molecular formula is C25H26F3N3O. The van der Waals surface area contributed by atoms with Crippen molar-refractivity contribution in [2.45, 2.75) is 57.3 Å². The molecular weight excluding hydrogens is 415 g/mol. The molecule has 2 N–H and O–H groups in total. The van der Waals surface area contributed by atoms with Crippen LogP contribution in [0.4, 0.5) is 18.9 Å². The van der Waals surface area contributed by atoms with Crippen LogP contribution in [-0.4, -0.2) is 23.0 Å². The number of amides is 1. The maximum Gasteiger partial charge on any atom is 0.433 e. The lowest BCUT2D eigenvalue weighted by atomic mass is 9.90. The minimum Gasteiger partial charge on any atom is -0.382 e. The van der Waals surface area contributed by atoms with E-state index in [-0.39, 0.29) is 18.0 Å². The van der Waals surface area contributed by atoms with Gasteiger partial charge in [0.1, 0.15) is 5.69 Å². The first kappa shape index (κ1) is 22.1. The lowest BCUT2D eigenvalue weighted by molar-refractivity contribution is -0.140. The van der Waals surface area contributed by atoms with Gasteiger partial charge in [-0.1, -0.05) is 43.3 Å². The van der Waals surface area contributed by atoms with Crippen molar-refractivity contribution < 1.29 is 18.0 Å². The number of anilines is 1. The minimum atomic E-state index is -4.50. The molecule has 0 bridgehead atoms. The zero-order valence-electron chi connectivity index (χ0n) is 17.9. The number of aromatic nitrogens is 1. The van der Waals surface area contributed by atoms with Gasteiger partial charge in [0.2, 0.25) is 0 Å². The molecule has 0 atom stereocenters. The number of halogens is 3. The molecule has 1 amide bonds. The minimum absolute atomic E-state index is 0.0398. The second-order valence-electron chi connectivity index (χ2n) is 8.25. The smallest absolute Gasteiger partial charge is 0.382 e. The predicted octanol–water partition coefficient (Wildman–Crippen LogP) is 5.97. The summed E-state index contributed by atoms with van der Waals surface area (Å²) >= 11 is 0. The SMILES string of the molecule is CCc1ccccc1C(=O)NC1CCC(Nc2cc(C(F)(F)F)nc3ccccc23)CC1. The Balaban J connectivity index is 1.42. The first-order chi connectivity index (χ1) is 15.3. The summed E-state index contributed by atoms with van der Waals surface area (Å²) in [6.07, 6.45) is -0.645. The zero-order chi connectivity index (χ0) is 22.7. The van der Waals surface area contributed by atoms with Gasteiger partial charge in [-0.3, -0.25) is 4.79 Å². The van der Waals surface area contributed by atoms with Crippen LogP contribution >= 0.6 is 0 Å². The summed E-state index contributed by atoms with van der Waals surface area (Å²) in [5, 5.41) is 7.11. The van der Waals surface area contributed by atoms with Gasteiger partial charge in [0, 0.05) is 28.7 Å². The Kier molecular flexibility index (Phi) is 6.35. The monoisotopic (exact) mass is 441 g/mol. The fraction of sp³-hybridized carbons (Fsp3) is 0.360. The number of pyridine rings is 1. The lowest BCUT2D eigenvalue weighted by Gasteiger charge is -2.31. The van der Waals surface area contributed by atoms with Gasteiger partial charge in [-0.25, -0.2) is 4.98 Å². The molecule has 7 heteroatoms. The molecule has 0 saturated heterocycles. The van der Waals surface area contributed by atoms with Crippen molar-refractivity contribution in [2.75, 3.05) is 5.32 Å². The number of aryl methyl sites for hydroxylation is 1. The molecule has 4 rings (SSSR count). The Bertz CT molecular complexity index is 1110. The second-order valence-corrected chi connectivity index (χ2v) is 8.25. The third-order valence-electron chi connectivity index (χ3n) is 6.07. The number of fused-ring (bicyclic) bond motifs is 1. The molecule has 168 valence electrons. The Morgan fingerprint density at radius 1 is 1.00 bits per heavy atom. The van der Waals surface area contributed by atoms with Crippen molar-refractivity contribution in [3.05, 3.63) is 71.4 Å². The molecule has 0 unspecified atom stereocenters. The number of nitrogens with zero attached hydrogens (tertiary/aromatic N) is 1. The number of carbonyl (C=O) groups is 1.